The van der Waals surface area contributed by atoms with Gasteiger partial charge in [0.2, 0.25) is 0 Å². The molecular formula is C18H20INO2. The molecule has 0 aliphatic heterocycles. The molecule has 2 rings (SSSR count). The Labute approximate surface area is 145 Å². The average molecular weight is 409 g/mol. The maximum atomic E-state index is 12.1. The Morgan fingerprint density at radius 3 is 2.64 bits per heavy atom. The molecule has 0 aromatic heterocycles. The molecular weight excluding hydrogens is 389 g/mol. The summed E-state index contributed by atoms with van der Waals surface area (Å²) in [5.41, 5.74) is 4.21. The highest BCUT2D eigenvalue weighted by Gasteiger charge is 2.08. The van der Waals surface area contributed by atoms with E-state index in [0.717, 1.165) is 29.0 Å². The Hall–Kier alpha value is -1.56. The van der Waals surface area contributed by atoms with Crippen molar-refractivity contribution >= 4 is 34.2 Å². The molecule has 1 N–H and O–H groups in total. The van der Waals surface area contributed by atoms with Gasteiger partial charge in [-0.2, -0.15) is 0 Å². The second-order valence-corrected chi connectivity index (χ2v) is 6.51. The Bertz CT molecular complexity index is 683. The molecule has 22 heavy (non-hydrogen) atoms. The van der Waals surface area contributed by atoms with Gasteiger partial charge in [-0.1, -0.05) is 24.6 Å². The van der Waals surface area contributed by atoms with Crippen molar-refractivity contribution < 1.29 is 9.53 Å². The highest BCUT2D eigenvalue weighted by atomic mass is 127. The maximum Gasteiger partial charge on any atom is 0.262 e. The Morgan fingerprint density at radius 2 is 1.95 bits per heavy atom. The summed E-state index contributed by atoms with van der Waals surface area (Å²) in [7, 11) is 0. The zero-order valence-electron chi connectivity index (χ0n) is 13.1. The van der Waals surface area contributed by atoms with Crippen LogP contribution in [0, 0.1) is 17.4 Å². The quantitative estimate of drug-likeness (QED) is 0.740. The van der Waals surface area contributed by atoms with Gasteiger partial charge in [0.1, 0.15) is 5.75 Å². The van der Waals surface area contributed by atoms with Crippen molar-refractivity contribution in [1.82, 2.24) is 0 Å². The number of carbonyl (C=O) groups excluding carboxylic acids is 1. The highest BCUT2D eigenvalue weighted by Crippen LogP contribution is 2.21. The third kappa shape index (κ3) is 4.47. The fourth-order valence-electron chi connectivity index (χ4n) is 2.27. The Balaban J connectivity index is 1.98. The van der Waals surface area contributed by atoms with Crippen LogP contribution in [0.3, 0.4) is 0 Å². The first kappa shape index (κ1) is 16.8. The molecule has 0 heterocycles. The lowest BCUT2D eigenvalue weighted by molar-refractivity contribution is -0.118. The fraction of sp³-hybridized carbons (Fsp3) is 0.278. The second kappa shape index (κ2) is 7.63. The first-order chi connectivity index (χ1) is 10.5. The summed E-state index contributed by atoms with van der Waals surface area (Å²) in [6, 6.07) is 11.9. The van der Waals surface area contributed by atoms with Crippen LogP contribution in [0.15, 0.2) is 36.4 Å². The normalized spacial score (nSPS) is 10.4. The fourth-order valence-corrected chi connectivity index (χ4v) is 2.82. The molecule has 2 aromatic carbocycles. The summed E-state index contributed by atoms with van der Waals surface area (Å²) in [5.74, 6) is 0.606. The van der Waals surface area contributed by atoms with Gasteiger partial charge in [-0.05, 0) is 78.3 Å². The summed E-state index contributed by atoms with van der Waals surface area (Å²) in [4.78, 5) is 12.1. The Morgan fingerprint density at radius 1 is 1.18 bits per heavy atom. The van der Waals surface area contributed by atoms with Gasteiger partial charge < -0.3 is 10.1 Å². The number of hydrogen-bond donors (Lipinski definition) is 1. The van der Waals surface area contributed by atoms with Gasteiger partial charge in [-0.15, -0.1) is 0 Å². The molecule has 0 saturated heterocycles. The largest absolute Gasteiger partial charge is 0.483 e. The van der Waals surface area contributed by atoms with Gasteiger partial charge >= 0.3 is 0 Å². The summed E-state index contributed by atoms with van der Waals surface area (Å²) < 4.78 is 6.78. The standard InChI is InChI=1S/C18H20INO2/c1-4-14-10-15(19)6-7-16(14)20-18(21)11-22-17-8-5-12(2)9-13(17)3/h5-10H,4,11H2,1-3H3,(H,20,21). The van der Waals surface area contributed by atoms with E-state index in [0.29, 0.717) is 0 Å². The van der Waals surface area contributed by atoms with Crippen molar-refractivity contribution in [3.63, 3.8) is 0 Å². The van der Waals surface area contributed by atoms with Gasteiger partial charge in [0.15, 0.2) is 6.61 Å². The number of aryl methyl sites for hydroxylation is 3. The maximum absolute atomic E-state index is 12.1. The number of hydrogen-bond acceptors (Lipinski definition) is 2. The lowest BCUT2D eigenvalue weighted by Gasteiger charge is -2.12. The number of rotatable bonds is 5. The molecule has 0 spiro atoms. The lowest BCUT2D eigenvalue weighted by Crippen LogP contribution is -2.21. The van der Waals surface area contributed by atoms with Crippen molar-refractivity contribution in [2.24, 2.45) is 0 Å². The molecule has 0 aliphatic carbocycles. The number of anilines is 1. The van der Waals surface area contributed by atoms with E-state index in [1.165, 1.54) is 9.13 Å². The van der Waals surface area contributed by atoms with Gasteiger partial charge in [0.25, 0.3) is 5.91 Å². The number of nitrogens with one attached hydrogen (secondary N) is 1. The van der Waals surface area contributed by atoms with E-state index in [4.69, 9.17) is 4.74 Å². The van der Waals surface area contributed by atoms with E-state index in [1.807, 2.05) is 44.2 Å². The molecule has 0 fully saturated rings. The molecule has 3 nitrogen and oxygen atoms in total. The van der Waals surface area contributed by atoms with Crippen LogP contribution < -0.4 is 10.1 Å². The van der Waals surface area contributed by atoms with Gasteiger partial charge in [-0.25, -0.2) is 0 Å². The van der Waals surface area contributed by atoms with Gasteiger partial charge in [0, 0.05) is 9.26 Å². The van der Waals surface area contributed by atoms with Crippen LogP contribution in [0.1, 0.15) is 23.6 Å². The minimum absolute atomic E-state index is 0.0129. The topological polar surface area (TPSA) is 38.3 Å². The number of carbonyl (C=O) groups is 1. The molecule has 116 valence electrons. The average Bonchev–Trinajstić information content (AvgIpc) is 2.48. The highest BCUT2D eigenvalue weighted by molar-refractivity contribution is 14.1. The molecule has 0 aliphatic rings. The van der Waals surface area contributed by atoms with Crippen LogP contribution in [0.25, 0.3) is 0 Å². The molecule has 0 atom stereocenters. The van der Waals surface area contributed by atoms with Gasteiger partial charge in [0.05, 0.1) is 0 Å². The van der Waals surface area contributed by atoms with Crippen molar-refractivity contribution in [3.05, 3.63) is 56.7 Å². The Kier molecular flexibility index (Phi) is 5.83. The van der Waals surface area contributed by atoms with Crippen molar-refractivity contribution in [1.29, 1.82) is 0 Å². The molecule has 0 saturated carbocycles. The van der Waals surface area contributed by atoms with Crippen molar-refractivity contribution in [3.8, 4) is 5.75 Å². The third-order valence-corrected chi connectivity index (χ3v) is 4.08. The lowest BCUT2D eigenvalue weighted by atomic mass is 10.1. The summed E-state index contributed by atoms with van der Waals surface area (Å²) in [6.07, 6.45) is 0.879. The molecule has 4 heteroatoms. The number of amides is 1. The zero-order valence-corrected chi connectivity index (χ0v) is 15.2. The predicted molar refractivity (Wildman–Crippen MR) is 98.6 cm³/mol. The minimum Gasteiger partial charge on any atom is -0.483 e. The monoisotopic (exact) mass is 409 g/mol. The van der Waals surface area contributed by atoms with Crippen LogP contribution in [-0.2, 0) is 11.2 Å². The number of benzene rings is 2. The van der Waals surface area contributed by atoms with Crippen molar-refractivity contribution in [2.75, 3.05) is 11.9 Å². The van der Waals surface area contributed by atoms with Crippen molar-refractivity contribution in [2.45, 2.75) is 27.2 Å². The number of halogens is 1. The second-order valence-electron chi connectivity index (χ2n) is 5.26. The predicted octanol–water partition coefficient (Wildman–Crippen LogP) is 4.49. The summed E-state index contributed by atoms with van der Waals surface area (Å²) in [5, 5.41) is 2.92. The molecule has 1 amide bonds. The third-order valence-electron chi connectivity index (χ3n) is 3.41. The first-order valence-electron chi connectivity index (χ1n) is 7.28. The molecule has 2 aromatic rings. The van der Waals surface area contributed by atoms with E-state index in [-0.39, 0.29) is 12.5 Å². The van der Waals surface area contributed by atoms with Crippen LogP contribution in [0.4, 0.5) is 5.69 Å². The molecule has 0 radical (unpaired) electrons. The van der Waals surface area contributed by atoms with E-state index in [1.54, 1.807) is 0 Å². The van der Waals surface area contributed by atoms with Crippen LogP contribution >= 0.6 is 22.6 Å². The SMILES string of the molecule is CCc1cc(I)ccc1NC(=O)COc1ccc(C)cc1C. The van der Waals surface area contributed by atoms with E-state index in [2.05, 4.69) is 40.9 Å². The molecule has 0 bridgehead atoms. The summed E-state index contributed by atoms with van der Waals surface area (Å²) >= 11 is 2.27. The smallest absolute Gasteiger partial charge is 0.262 e. The van der Waals surface area contributed by atoms with Crippen LogP contribution in [-0.4, -0.2) is 12.5 Å². The zero-order chi connectivity index (χ0) is 16.1. The van der Waals surface area contributed by atoms with Crippen LogP contribution in [0.5, 0.6) is 5.75 Å². The van der Waals surface area contributed by atoms with E-state index >= 15 is 0 Å². The summed E-state index contributed by atoms with van der Waals surface area (Å²) in [6.45, 7) is 6.10. The molecule has 0 unspecified atom stereocenters. The van der Waals surface area contributed by atoms with E-state index in [9.17, 15) is 4.79 Å². The first-order valence-corrected chi connectivity index (χ1v) is 8.35. The van der Waals surface area contributed by atoms with E-state index < -0.39 is 0 Å². The minimum atomic E-state index is -0.143. The van der Waals surface area contributed by atoms with Crippen LogP contribution in [0.2, 0.25) is 0 Å². The number of ether oxygens (including phenoxy) is 1. The van der Waals surface area contributed by atoms with Gasteiger partial charge in [-0.3, -0.25) is 4.79 Å².